The van der Waals surface area contributed by atoms with Crippen LogP contribution in [0.1, 0.15) is 38.9 Å². The fourth-order valence-electron chi connectivity index (χ4n) is 2.97. The van der Waals surface area contributed by atoms with Crippen molar-refractivity contribution in [2.75, 3.05) is 0 Å². The van der Waals surface area contributed by atoms with Crippen LogP contribution >= 0.6 is 0 Å². The van der Waals surface area contributed by atoms with Crippen LogP contribution in [-0.4, -0.2) is 5.11 Å². The van der Waals surface area contributed by atoms with E-state index in [1.54, 1.807) is 12.1 Å². The summed E-state index contributed by atoms with van der Waals surface area (Å²) in [6.45, 7) is 4.29. The molecule has 0 radical (unpaired) electrons. The second-order valence-electron chi connectivity index (χ2n) is 6.17. The van der Waals surface area contributed by atoms with Crippen LogP contribution in [0.25, 0.3) is 11.0 Å². The molecule has 1 atom stereocenters. The Morgan fingerprint density at radius 1 is 1.22 bits per heavy atom. The van der Waals surface area contributed by atoms with Crippen LogP contribution in [0.15, 0.2) is 28.7 Å². The van der Waals surface area contributed by atoms with E-state index in [4.69, 9.17) is 4.42 Å². The summed E-state index contributed by atoms with van der Waals surface area (Å²) in [5, 5.41) is 11.4. The molecule has 2 nitrogen and oxygen atoms in total. The average molecular weight is 248 g/mol. The minimum absolute atomic E-state index is 0.124. The zero-order chi connectivity index (χ0) is 13.0. The lowest BCUT2D eigenvalue weighted by molar-refractivity contribution is 0.0138. The Morgan fingerprint density at radius 3 is 2.67 bits per heavy atom. The van der Waals surface area contributed by atoms with Crippen molar-refractivity contribution < 1.29 is 13.9 Å². The second-order valence-corrected chi connectivity index (χ2v) is 6.17. The molecule has 1 saturated carbocycles. The molecular weight excluding hydrogens is 231 g/mol. The Morgan fingerprint density at radius 2 is 2.00 bits per heavy atom. The Hall–Kier alpha value is -1.35. The molecule has 1 heterocycles. The van der Waals surface area contributed by atoms with E-state index in [-0.39, 0.29) is 11.2 Å². The molecule has 0 bridgehead atoms. The highest BCUT2D eigenvalue weighted by atomic mass is 19.1. The smallest absolute Gasteiger partial charge is 0.136 e. The third-order valence-electron chi connectivity index (χ3n) is 3.92. The van der Waals surface area contributed by atoms with Gasteiger partial charge in [-0.25, -0.2) is 4.39 Å². The van der Waals surface area contributed by atoms with Gasteiger partial charge in [0.05, 0.1) is 0 Å². The number of hydrogen-bond acceptors (Lipinski definition) is 2. The number of halogens is 1. The van der Waals surface area contributed by atoms with Crippen LogP contribution in [-0.2, 0) is 5.60 Å². The molecule has 18 heavy (non-hydrogen) atoms. The molecule has 1 aliphatic rings. The fourth-order valence-corrected chi connectivity index (χ4v) is 2.97. The van der Waals surface area contributed by atoms with Crippen LogP contribution in [0.2, 0.25) is 0 Å². The molecule has 3 rings (SSSR count). The van der Waals surface area contributed by atoms with E-state index < -0.39 is 5.60 Å². The Labute approximate surface area is 105 Å². The van der Waals surface area contributed by atoms with Crippen LogP contribution in [0.4, 0.5) is 4.39 Å². The first-order chi connectivity index (χ1) is 8.38. The highest BCUT2D eigenvalue weighted by Crippen LogP contribution is 2.49. The summed E-state index contributed by atoms with van der Waals surface area (Å²) in [4.78, 5) is 0. The van der Waals surface area contributed by atoms with E-state index in [1.165, 1.54) is 12.1 Å². The number of fused-ring (bicyclic) bond motifs is 1. The first-order valence-corrected chi connectivity index (χ1v) is 6.30. The third-order valence-corrected chi connectivity index (χ3v) is 3.92. The van der Waals surface area contributed by atoms with Gasteiger partial charge in [0, 0.05) is 5.39 Å². The Bertz CT molecular complexity index is 600. The van der Waals surface area contributed by atoms with Gasteiger partial charge in [0.15, 0.2) is 0 Å². The molecule has 1 fully saturated rings. The normalized spacial score (nSPS) is 26.9. The van der Waals surface area contributed by atoms with Crippen LogP contribution in [0.5, 0.6) is 0 Å². The highest BCUT2D eigenvalue weighted by molar-refractivity contribution is 5.78. The number of aliphatic hydroxyl groups is 1. The third kappa shape index (κ3) is 1.83. The highest BCUT2D eigenvalue weighted by Gasteiger charge is 2.45. The van der Waals surface area contributed by atoms with Crippen molar-refractivity contribution in [1.29, 1.82) is 0 Å². The largest absolute Gasteiger partial charge is 0.458 e. The van der Waals surface area contributed by atoms with Gasteiger partial charge in [0.2, 0.25) is 0 Å². The summed E-state index contributed by atoms with van der Waals surface area (Å²) >= 11 is 0. The molecule has 3 heteroatoms. The zero-order valence-corrected chi connectivity index (χ0v) is 10.7. The van der Waals surface area contributed by atoms with Crippen LogP contribution < -0.4 is 0 Å². The summed E-state index contributed by atoms with van der Waals surface area (Å²) in [6, 6.07) is 6.18. The summed E-state index contributed by atoms with van der Waals surface area (Å²) < 4.78 is 18.8. The van der Waals surface area contributed by atoms with Crippen molar-refractivity contribution >= 4 is 11.0 Å². The first kappa shape index (κ1) is 11.7. The Kier molecular flexibility index (Phi) is 2.33. The monoisotopic (exact) mass is 248 g/mol. The van der Waals surface area contributed by atoms with Gasteiger partial charge in [-0.3, -0.25) is 0 Å². The van der Waals surface area contributed by atoms with Crippen LogP contribution in [0.3, 0.4) is 0 Å². The van der Waals surface area contributed by atoms with E-state index in [1.807, 2.05) is 0 Å². The minimum Gasteiger partial charge on any atom is -0.458 e. The van der Waals surface area contributed by atoms with Crippen molar-refractivity contribution in [3.8, 4) is 0 Å². The maximum Gasteiger partial charge on any atom is 0.136 e. The van der Waals surface area contributed by atoms with E-state index in [0.717, 1.165) is 6.42 Å². The van der Waals surface area contributed by atoms with Crippen molar-refractivity contribution in [2.45, 2.75) is 38.7 Å². The lowest BCUT2D eigenvalue weighted by Crippen LogP contribution is -2.22. The quantitative estimate of drug-likeness (QED) is 0.828. The summed E-state index contributed by atoms with van der Waals surface area (Å²) in [5.41, 5.74) is -0.151. The number of rotatable bonds is 1. The number of benzene rings is 1. The second kappa shape index (κ2) is 3.58. The lowest BCUT2D eigenvalue weighted by atomic mass is 9.88. The average Bonchev–Trinajstić information content (AvgIpc) is 2.80. The zero-order valence-electron chi connectivity index (χ0n) is 10.7. The number of furan rings is 1. The van der Waals surface area contributed by atoms with Gasteiger partial charge in [-0.15, -0.1) is 0 Å². The van der Waals surface area contributed by atoms with Gasteiger partial charge in [0.25, 0.3) is 0 Å². The van der Waals surface area contributed by atoms with Crippen molar-refractivity contribution in [2.24, 2.45) is 5.41 Å². The summed E-state index contributed by atoms with van der Waals surface area (Å²) in [7, 11) is 0. The molecule has 1 unspecified atom stereocenters. The summed E-state index contributed by atoms with van der Waals surface area (Å²) in [5.74, 6) is 0.280. The molecule has 1 aliphatic carbocycles. The topological polar surface area (TPSA) is 33.4 Å². The first-order valence-electron chi connectivity index (χ1n) is 6.30. The van der Waals surface area contributed by atoms with Gasteiger partial charge in [-0.1, -0.05) is 13.8 Å². The van der Waals surface area contributed by atoms with Gasteiger partial charge in [0.1, 0.15) is 22.8 Å². The maximum absolute atomic E-state index is 13.1. The maximum atomic E-state index is 13.1. The molecule has 0 amide bonds. The minimum atomic E-state index is -0.904. The van der Waals surface area contributed by atoms with Gasteiger partial charge in [-0.05, 0) is 48.9 Å². The van der Waals surface area contributed by atoms with E-state index in [2.05, 4.69) is 13.8 Å². The predicted octanol–water partition coefficient (Wildman–Crippen LogP) is 3.97. The molecule has 1 aromatic carbocycles. The number of hydrogen-bond donors (Lipinski definition) is 1. The van der Waals surface area contributed by atoms with E-state index >= 15 is 0 Å². The van der Waals surface area contributed by atoms with Crippen molar-refractivity contribution in [3.63, 3.8) is 0 Å². The van der Waals surface area contributed by atoms with Crippen LogP contribution in [0, 0.1) is 11.2 Å². The molecule has 1 N–H and O–H groups in total. The lowest BCUT2D eigenvalue weighted by Gasteiger charge is -2.22. The van der Waals surface area contributed by atoms with Crippen molar-refractivity contribution in [1.82, 2.24) is 0 Å². The Balaban J connectivity index is 2.05. The van der Waals surface area contributed by atoms with E-state index in [9.17, 15) is 9.50 Å². The van der Waals surface area contributed by atoms with Gasteiger partial charge < -0.3 is 9.52 Å². The fraction of sp³-hybridized carbons (Fsp3) is 0.467. The molecule has 0 spiro atoms. The molecule has 0 saturated heterocycles. The van der Waals surface area contributed by atoms with Gasteiger partial charge >= 0.3 is 0 Å². The van der Waals surface area contributed by atoms with E-state index in [0.29, 0.717) is 29.6 Å². The molecule has 1 aromatic heterocycles. The molecular formula is C15H17FO2. The van der Waals surface area contributed by atoms with Gasteiger partial charge in [-0.2, -0.15) is 0 Å². The predicted molar refractivity (Wildman–Crippen MR) is 67.7 cm³/mol. The molecule has 0 aliphatic heterocycles. The van der Waals surface area contributed by atoms with Crippen molar-refractivity contribution in [3.05, 3.63) is 35.8 Å². The SMILES string of the molecule is CC1(C)CCC(O)(c2cc3cc(F)ccc3o2)C1. The molecule has 2 aromatic rings. The standard InChI is InChI=1S/C15H17FO2/c1-14(2)5-6-15(17,9-14)13-8-10-7-11(16)3-4-12(10)18-13/h3-4,7-8,17H,5-6,9H2,1-2H3. The molecule has 96 valence electrons. The summed E-state index contributed by atoms with van der Waals surface area (Å²) in [6.07, 6.45) is 2.35.